The molecule has 0 spiro atoms. The van der Waals surface area contributed by atoms with Gasteiger partial charge in [-0.15, -0.1) is 0 Å². The van der Waals surface area contributed by atoms with Crippen LogP contribution in [0, 0.1) is 0 Å². The first-order chi connectivity index (χ1) is 12.8. The number of rotatable bonds is 7. The van der Waals surface area contributed by atoms with Gasteiger partial charge in [-0.3, -0.25) is 9.63 Å². The van der Waals surface area contributed by atoms with Crippen LogP contribution in [-0.4, -0.2) is 51.1 Å². The zero-order valence-electron chi connectivity index (χ0n) is 15.8. The van der Waals surface area contributed by atoms with Crippen molar-refractivity contribution in [2.45, 2.75) is 56.1 Å². The molecule has 0 heterocycles. The Morgan fingerprint density at radius 1 is 1.22 bits per heavy atom. The number of hydroxylamine groups is 1. The largest absolute Gasteiger partial charge is 0.449 e. The number of sulfonamides is 1. The molecule has 1 N–H and O–H groups in total. The number of amides is 1. The zero-order chi connectivity index (χ0) is 20.0. The zero-order valence-corrected chi connectivity index (χ0v) is 16.6. The van der Waals surface area contributed by atoms with Crippen molar-refractivity contribution in [2.24, 2.45) is 0 Å². The van der Waals surface area contributed by atoms with Gasteiger partial charge in [-0.1, -0.05) is 29.8 Å². The third-order valence-corrected chi connectivity index (χ3v) is 6.24. The lowest BCUT2D eigenvalue weighted by molar-refractivity contribution is -0.130. The summed E-state index contributed by atoms with van der Waals surface area (Å²) in [5.74, 6) is -1.11. The fourth-order valence-electron chi connectivity index (χ4n) is 2.88. The van der Waals surface area contributed by atoms with Crippen molar-refractivity contribution in [3.8, 4) is 0 Å². The summed E-state index contributed by atoms with van der Waals surface area (Å²) in [7, 11) is -1.41. The molecule has 1 aromatic carbocycles. The van der Waals surface area contributed by atoms with Crippen molar-refractivity contribution in [1.29, 1.82) is 0 Å². The number of esters is 1. The second-order valence-corrected chi connectivity index (χ2v) is 8.45. The topological polar surface area (TPSA) is 102 Å². The maximum absolute atomic E-state index is 12.3. The van der Waals surface area contributed by atoms with Crippen LogP contribution in [0.3, 0.4) is 0 Å². The minimum Gasteiger partial charge on any atom is -0.449 e. The molecule has 0 unspecified atom stereocenters. The minimum absolute atomic E-state index is 0.0397. The highest BCUT2D eigenvalue weighted by Gasteiger charge is 2.25. The van der Waals surface area contributed by atoms with Crippen molar-refractivity contribution < 1.29 is 27.6 Å². The summed E-state index contributed by atoms with van der Waals surface area (Å²) in [5.41, 5.74) is 0.0397. The van der Waals surface area contributed by atoms with Crippen molar-refractivity contribution in [1.82, 2.24) is 9.79 Å². The predicted molar refractivity (Wildman–Crippen MR) is 98.3 cm³/mol. The van der Waals surface area contributed by atoms with Crippen LogP contribution in [0.2, 0.25) is 0 Å². The van der Waals surface area contributed by atoms with Crippen LogP contribution < -0.4 is 5.32 Å². The fourth-order valence-corrected chi connectivity index (χ4v) is 3.90. The molecular weight excluding hydrogens is 372 g/mol. The first kappa shape index (κ1) is 21.3. The molecule has 1 aliphatic carbocycles. The van der Waals surface area contributed by atoms with Gasteiger partial charge in [-0.05, 0) is 38.0 Å². The Morgan fingerprint density at radius 2 is 1.89 bits per heavy atom. The molecule has 9 heteroatoms. The lowest BCUT2D eigenvalue weighted by Crippen LogP contribution is -2.42. The third kappa shape index (κ3) is 5.50. The number of nitrogens with zero attached hydrogens (tertiary/aromatic N) is 1. The Morgan fingerprint density at radius 3 is 2.52 bits per heavy atom. The number of ether oxygens (including phenoxy) is 1. The van der Waals surface area contributed by atoms with E-state index >= 15 is 0 Å². The summed E-state index contributed by atoms with van der Waals surface area (Å²) in [5, 5.41) is 2.90. The maximum atomic E-state index is 12.3. The van der Waals surface area contributed by atoms with Crippen LogP contribution in [-0.2, 0) is 24.4 Å². The summed E-state index contributed by atoms with van der Waals surface area (Å²) in [6.45, 7) is 1.50. The Kier molecular flexibility index (Phi) is 7.34. The Bertz CT molecular complexity index is 774. The molecule has 1 saturated carbocycles. The van der Waals surface area contributed by atoms with E-state index in [1.165, 1.54) is 51.8 Å². The molecular formula is C18H26N2O6S. The molecule has 150 valence electrons. The average molecular weight is 398 g/mol. The summed E-state index contributed by atoms with van der Waals surface area (Å²) >= 11 is 0. The maximum Gasteiger partial charge on any atom is 0.338 e. The molecule has 0 saturated heterocycles. The van der Waals surface area contributed by atoms with Gasteiger partial charge in [0, 0.05) is 13.1 Å². The minimum atomic E-state index is -3.89. The second kappa shape index (κ2) is 9.29. The molecule has 1 aliphatic rings. The van der Waals surface area contributed by atoms with Crippen LogP contribution in [0.4, 0.5) is 0 Å². The number of carbonyl (C=O) groups is 2. The van der Waals surface area contributed by atoms with Crippen LogP contribution >= 0.6 is 0 Å². The van der Waals surface area contributed by atoms with Gasteiger partial charge in [0.15, 0.2) is 6.10 Å². The Balaban J connectivity index is 2.02. The highest BCUT2D eigenvalue weighted by Crippen LogP contribution is 2.19. The Hall–Kier alpha value is -1.97. The third-order valence-electron chi connectivity index (χ3n) is 4.57. The second-order valence-electron chi connectivity index (χ2n) is 6.52. The molecule has 0 radical (unpaired) electrons. The molecule has 0 bridgehead atoms. The van der Waals surface area contributed by atoms with Gasteiger partial charge in [-0.25, -0.2) is 13.2 Å². The van der Waals surface area contributed by atoms with Gasteiger partial charge in [0.25, 0.3) is 15.9 Å². The summed E-state index contributed by atoms with van der Waals surface area (Å²) < 4.78 is 30.4. The highest BCUT2D eigenvalue weighted by atomic mass is 32.2. The lowest BCUT2D eigenvalue weighted by Gasteiger charge is -2.24. The number of hydrogen-bond donors (Lipinski definition) is 1. The molecule has 2 rings (SSSR count). The fraction of sp³-hybridized carbons (Fsp3) is 0.556. The number of carbonyl (C=O) groups excluding carboxylic acids is 2. The van der Waals surface area contributed by atoms with E-state index < -0.39 is 22.1 Å². The standard InChI is InChI=1S/C18H26N2O6S/c1-13(17(21)19-15-9-5-4-6-10-15)26-18(22)14-8-7-11-16(12-14)27(23,24)20(2)25-3/h7-8,11-13,15H,4-6,9-10H2,1-3H3,(H,19,21)/t13-/m1/s1. The van der Waals surface area contributed by atoms with Crippen LogP contribution in [0.1, 0.15) is 49.4 Å². The first-order valence-electron chi connectivity index (χ1n) is 8.90. The predicted octanol–water partition coefficient (Wildman–Crippen LogP) is 1.86. The van der Waals surface area contributed by atoms with Gasteiger partial charge in [-0.2, -0.15) is 0 Å². The van der Waals surface area contributed by atoms with E-state index in [1.807, 2.05) is 0 Å². The van der Waals surface area contributed by atoms with Gasteiger partial charge in [0.05, 0.1) is 17.6 Å². The van der Waals surface area contributed by atoms with Gasteiger partial charge < -0.3 is 10.1 Å². The smallest absolute Gasteiger partial charge is 0.338 e. The van der Waals surface area contributed by atoms with Gasteiger partial charge in [0.1, 0.15) is 0 Å². The molecule has 1 atom stereocenters. The SMILES string of the molecule is CON(C)S(=O)(=O)c1cccc(C(=O)O[C@H](C)C(=O)NC2CCCCC2)c1. The first-order valence-corrected chi connectivity index (χ1v) is 10.3. The molecule has 27 heavy (non-hydrogen) atoms. The van der Waals surface area contributed by atoms with Crippen LogP contribution in [0.15, 0.2) is 29.2 Å². The number of benzene rings is 1. The summed E-state index contributed by atoms with van der Waals surface area (Å²) in [4.78, 5) is 29.2. The van der Waals surface area contributed by atoms with Gasteiger partial charge >= 0.3 is 5.97 Å². The summed E-state index contributed by atoms with van der Waals surface area (Å²) in [6, 6.07) is 5.52. The van der Waals surface area contributed by atoms with E-state index in [4.69, 9.17) is 9.57 Å². The molecule has 8 nitrogen and oxygen atoms in total. The highest BCUT2D eigenvalue weighted by molar-refractivity contribution is 7.89. The lowest BCUT2D eigenvalue weighted by atomic mass is 9.95. The molecule has 0 aliphatic heterocycles. The molecule has 1 amide bonds. The van der Waals surface area contributed by atoms with Crippen molar-refractivity contribution in [2.75, 3.05) is 14.2 Å². The van der Waals surface area contributed by atoms with E-state index in [1.54, 1.807) is 0 Å². The number of hydrogen-bond acceptors (Lipinski definition) is 6. The molecule has 0 aromatic heterocycles. The van der Waals surface area contributed by atoms with E-state index in [9.17, 15) is 18.0 Å². The van der Waals surface area contributed by atoms with Crippen LogP contribution in [0.25, 0.3) is 0 Å². The normalized spacial score (nSPS) is 16.7. The van der Waals surface area contributed by atoms with E-state index in [0.717, 1.165) is 25.7 Å². The molecule has 1 fully saturated rings. The number of nitrogens with one attached hydrogen (secondary N) is 1. The van der Waals surface area contributed by atoms with E-state index in [0.29, 0.717) is 4.47 Å². The van der Waals surface area contributed by atoms with E-state index in [-0.39, 0.29) is 22.4 Å². The molecule has 1 aromatic rings. The van der Waals surface area contributed by atoms with Crippen molar-refractivity contribution in [3.63, 3.8) is 0 Å². The average Bonchev–Trinajstić information content (AvgIpc) is 2.67. The van der Waals surface area contributed by atoms with Crippen LogP contribution in [0.5, 0.6) is 0 Å². The quantitative estimate of drug-likeness (QED) is 0.556. The van der Waals surface area contributed by atoms with Gasteiger partial charge in [0.2, 0.25) is 0 Å². The monoisotopic (exact) mass is 398 g/mol. The van der Waals surface area contributed by atoms with E-state index in [2.05, 4.69) is 5.32 Å². The van der Waals surface area contributed by atoms with Crippen molar-refractivity contribution in [3.05, 3.63) is 29.8 Å². The Labute approximate surface area is 159 Å². The summed E-state index contributed by atoms with van der Waals surface area (Å²) in [6.07, 6.45) is 4.22. The van der Waals surface area contributed by atoms with Crippen molar-refractivity contribution >= 4 is 21.9 Å².